The zero-order chi connectivity index (χ0) is 11.3. The Morgan fingerprint density at radius 2 is 2.33 bits per heavy atom. The van der Waals surface area contributed by atoms with E-state index in [1.54, 1.807) is 23.9 Å². The lowest BCUT2D eigenvalue weighted by Crippen LogP contribution is -2.17. The van der Waals surface area contributed by atoms with E-state index in [0.717, 1.165) is 17.1 Å². The average molecular weight is 241 g/mol. The first kappa shape index (κ1) is 12.4. The molecule has 0 amide bonds. The molecule has 80 valence electrons. The lowest BCUT2D eigenvalue weighted by Gasteiger charge is -2.06. The fourth-order valence-corrected chi connectivity index (χ4v) is 2.38. The second kappa shape index (κ2) is 6.02. The van der Waals surface area contributed by atoms with Crippen LogP contribution in [0.1, 0.15) is 18.1 Å². The normalized spacial score (nSPS) is 12.1. The van der Waals surface area contributed by atoms with E-state index in [-0.39, 0.29) is 6.04 Å². The lowest BCUT2D eigenvalue weighted by molar-refractivity contribution is 0.847. The first-order valence-corrected chi connectivity index (χ1v) is 6.18. The summed E-state index contributed by atoms with van der Waals surface area (Å²) in [6.45, 7) is 1.98. The van der Waals surface area contributed by atoms with Gasteiger partial charge >= 0.3 is 0 Å². The molecule has 0 heterocycles. The van der Waals surface area contributed by atoms with Crippen molar-refractivity contribution in [2.75, 3.05) is 5.75 Å². The van der Waals surface area contributed by atoms with Crippen LogP contribution in [0.3, 0.4) is 0 Å². The van der Waals surface area contributed by atoms with Gasteiger partial charge in [-0.05, 0) is 24.6 Å². The Morgan fingerprint density at radius 1 is 1.60 bits per heavy atom. The molecule has 1 atom stereocenters. The molecule has 4 heteroatoms. The third kappa shape index (κ3) is 4.13. The molecule has 0 saturated carbocycles. The van der Waals surface area contributed by atoms with Crippen LogP contribution in [0, 0.1) is 11.3 Å². The van der Waals surface area contributed by atoms with E-state index in [9.17, 15) is 0 Å². The highest BCUT2D eigenvalue weighted by atomic mass is 35.5. The van der Waals surface area contributed by atoms with Gasteiger partial charge in [-0.2, -0.15) is 17.0 Å². The number of nitriles is 1. The summed E-state index contributed by atoms with van der Waals surface area (Å²) in [5, 5.41) is 9.33. The van der Waals surface area contributed by atoms with Gasteiger partial charge in [0.2, 0.25) is 0 Å². The van der Waals surface area contributed by atoms with Crippen molar-refractivity contribution in [1.82, 2.24) is 0 Å². The molecule has 1 aromatic carbocycles. The molecule has 0 radical (unpaired) electrons. The highest BCUT2D eigenvalue weighted by Crippen LogP contribution is 2.22. The summed E-state index contributed by atoms with van der Waals surface area (Å²) in [6, 6.07) is 7.64. The van der Waals surface area contributed by atoms with Crippen molar-refractivity contribution in [3.05, 3.63) is 34.3 Å². The van der Waals surface area contributed by atoms with Gasteiger partial charge in [0, 0.05) is 22.6 Å². The van der Waals surface area contributed by atoms with E-state index >= 15 is 0 Å². The van der Waals surface area contributed by atoms with Crippen molar-refractivity contribution in [3.8, 4) is 6.07 Å². The molecular formula is C11H13ClN2S. The van der Waals surface area contributed by atoms with Gasteiger partial charge in [-0.3, -0.25) is 0 Å². The van der Waals surface area contributed by atoms with Crippen LogP contribution in [-0.2, 0) is 5.75 Å². The maximum Gasteiger partial charge on any atom is 0.0992 e. The third-order valence-electron chi connectivity index (χ3n) is 1.82. The minimum absolute atomic E-state index is 0.201. The molecule has 1 aromatic rings. The minimum atomic E-state index is 0.201. The summed E-state index contributed by atoms with van der Waals surface area (Å²) in [7, 11) is 0. The number of rotatable bonds is 4. The Kier molecular flexibility index (Phi) is 4.97. The van der Waals surface area contributed by atoms with E-state index in [0.29, 0.717) is 10.6 Å². The molecule has 0 spiro atoms. The first-order chi connectivity index (χ1) is 7.13. The Bertz CT molecular complexity index is 371. The van der Waals surface area contributed by atoms with Crippen LogP contribution in [-0.4, -0.2) is 11.8 Å². The standard InChI is InChI=1S/C11H13ClN2S/c1-8(14)6-15-7-10-3-2-9(5-13)4-11(10)12/h2-4,8H,6-7,14H2,1H3. The molecule has 1 rings (SSSR count). The van der Waals surface area contributed by atoms with Crippen LogP contribution in [0.15, 0.2) is 18.2 Å². The highest BCUT2D eigenvalue weighted by molar-refractivity contribution is 7.98. The average Bonchev–Trinajstić information content (AvgIpc) is 2.20. The van der Waals surface area contributed by atoms with Gasteiger partial charge in [0.05, 0.1) is 11.6 Å². The Morgan fingerprint density at radius 3 is 2.87 bits per heavy atom. The quantitative estimate of drug-likeness (QED) is 0.881. The molecule has 2 nitrogen and oxygen atoms in total. The van der Waals surface area contributed by atoms with Crippen LogP contribution < -0.4 is 5.73 Å². The van der Waals surface area contributed by atoms with Crippen LogP contribution >= 0.6 is 23.4 Å². The zero-order valence-corrected chi connectivity index (χ0v) is 10.1. The maximum atomic E-state index is 8.67. The van der Waals surface area contributed by atoms with Crippen LogP contribution in [0.2, 0.25) is 5.02 Å². The third-order valence-corrected chi connectivity index (χ3v) is 3.45. The molecule has 0 aromatic heterocycles. The molecule has 0 aliphatic carbocycles. The number of nitrogens with zero attached hydrogens (tertiary/aromatic N) is 1. The van der Waals surface area contributed by atoms with Crippen molar-refractivity contribution in [2.45, 2.75) is 18.7 Å². The summed E-state index contributed by atoms with van der Waals surface area (Å²) in [5.74, 6) is 1.75. The molecule has 0 aliphatic rings. The molecule has 15 heavy (non-hydrogen) atoms. The van der Waals surface area contributed by atoms with E-state index in [1.165, 1.54) is 0 Å². The van der Waals surface area contributed by atoms with Crippen LogP contribution in [0.4, 0.5) is 0 Å². The van der Waals surface area contributed by atoms with E-state index < -0.39 is 0 Å². The number of benzene rings is 1. The number of hydrogen-bond acceptors (Lipinski definition) is 3. The SMILES string of the molecule is CC(N)CSCc1ccc(C#N)cc1Cl. The van der Waals surface area contributed by atoms with Gasteiger partial charge in [0.25, 0.3) is 0 Å². The summed E-state index contributed by atoms with van der Waals surface area (Å²) < 4.78 is 0. The number of halogens is 1. The van der Waals surface area contributed by atoms with Crippen molar-refractivity contribution < 1.29 is 0 Å². The van der Waals surface area contributed by atoms with Crippen molar-refractivity contribution >= 4 is 23.4 Å². The monoisotopic (exact) mass is 240 g/mol. The molecule has 2 N–H and O–H groups in total. The smallest absolute Gasteiger partial charge is 0.0992 e. The van der Waals surface area contributed by atoms with E-state index in [1.807, 2.05) is 13.0 Å². The maximum absolute atomic E-state index is 8.67. The summed E-state index contributed by atoms with van der Waals surface area (Å²) in [6.07, 6.45) is 0. The first-order valence-electron chi connectivity index (χ1n) is 4.65. The summed E-state index contributed by atoms with van der Waals surface area (Å²) in [5.41, 5.74) is 7.30. The second-order valence-electron chi connectivity index (χ2n) is 3.41. The van der Waals surface area contributed by atoms with E-state index in [4.69, 9.17) is 22.6 Å². The molecular weight excluding hydrogens is 228 g/mol. The lowest BCUT2D eigenvalue weighted by atomic mass is 10.2. The molecule has 0 fully saturated rings. The van der Waals surface area contributed by atoms with Crippen molar-refractivity contribution in [2.24, 2.45) is 5.73 Å². The van der Waals surface area contributed by atoms with Crippen molar-refractivity contribution in [1.29, 1.82) is 5.26 Å². The van der Waals surface area contributed by atoms with Crippen LogP contribution in [0.5, 0.6) is 0 Å². The zero-order valence-electron chi connectivity index (χ0n) is 8.53. The fraction of sp³-hybridized carbons (Fsp3) is 0.364. The van der Waals surface area contributed by atoms with Gasteiger partial charge in [0.1, 0.15) is 0 Å². The molecule has 0 aliphatic heterocycles. The fourth-order valence-electron chi connectivity index (χ4n) is 1.09. The molecule has 1 unspecified atom stereocenters. The van der Waals surface area contributed by atoms with E-state index in [2.05, 4.69) is 6.07 Å². The predicted octanol–water partition coefficient (Wildman–Crippen LogP) is 2.79. The Labute approximate surface area is 99.4 Å². The molecule has 0 bridgehead atoms. The number of hydrogen-bond donors (Lipinski definition) is 1. The topological polar surface area (TPSA) is 49.8 Å². The Balaban J connectivity index is 2.59. The van der Waals surface area contributed by atoms with Gasteiger partial charge < -0.3 is 5.73 Å². The van der Waals surface area contributed by atoms with Gasteiger partial charge in [-0.1, -0.05) is 17.7 Å². The van der Waals surface area contributed by atoms with Crippen molar-refractivity contribution in [3.63, 3.8) is 0 Å². The summed E-state index contributed by atoms with van der Waals surface area (Å²) in [4.78, 5) is 0. The largest absolute Gasteiger partial charge is 0.327 e. The van der Waals surface area contributed by atoms with Gasteiger partial charge in [0.15, 0.2) is 0 Å². The molecule has 0 saturated heterocycles. The number of nitrogens with two attached hydrogens (primary N) is 1. The predicted molar refractivity (Wildman–Crippen MR) is 66.0 cm³/mol. The van der Waals surface area contributed by atoms with Gasteiger partial charge in [-0.25, -0.2) is 0 Å². The van der Waals surface area contributed by atoms with Gasteiger partial charge in [-0.15, -0.1) is 0 Å². The second-order valence-corrected chi connectivity index (χ2v) is 4.85. The van der Waals surface area contributed by atoms with Crippen LogP contribution in [0.25, 0.3) is 0 Å². The summed E-state index contributed by atoms with van der Waals surface area (Å²) >= 11 is 7.78. The minimum Gasteiger partial charge on any atom is -0.327 e. The highest BCUT2D eigenvalue weighted by Gasteiger charge is 2.02. The number of thioether (sulfide) groups is 1. The Hall–Kier alpha value is -0.690.